The summed E-state index contributed by atoms with van der Waals surface area (Å²) in [5.74, 6) is -0.475. The van der Waals surface area contributed by atoms with Gasteiger partial charge in [-0.15, -0.1) is 0 Å². The van der Waals surface area contributed by atoms with E-state index >= 15 is 0 Å². The second-order valence-corrected chi connectivity index (χ2v) is 1.67. The summed E-state index contributed by atoms with van der Waals surface area (Å²) in [5.41, 5.74) is 0. The second-order valence-electron chi connectivity index (χ2n) is 1.67. The van der Waals surface area contributed by atoms with Crippen LogP contribution >= 0.6 is 0 Å². The third-order valence-electron chi connectivity index (χ3n) is 0.685. The van der Waals surface area contributed by atoms with E-state index in [9.17, 15) is 9.59 Å². The van der Waals surface area contributed by atoms with Gasteiger partial charge in [-0.3, -0.25) is 9.59 Å². The molecule has 0 fully saturated rings. The van der Waals surface area contributed by atoms with Crippen LogP contribution in [-0.4, -0.2) is 41.6 Å². The van der Waals surface area contributed by atoms with Crippen molar-refractivity contribution in [1.82, 2.24) is 0 Å². The number of ketones is 1. The summed E-state index contributed by atoms with van der Waals surface area (Å²) in [6.07, 6.45) is 0.352. The molecule has 0 aliphatic heterocycles. The standard InChI is InChI=1S/C5H8O2.Na.H/c1-4(2)5(7)3-6;;/h3-4H,1-2H3;;. The Morgan fingerprint density at radius 2 is 1.88 bits per heavy atom. The minimum absolute atomic E-state index is 0. The molecule has 0 aromatic heterocycles. The number of Topliss-reactive ketones (excluding diaryl/α,β-unsaturated/α-hetero) is 1. The average molecular weight is 124 g/mol. The van der Waals surface area contributed by atoms with E-state index in [2.05, 4.69) is 0 Å². The summed E-state index contributed by atoms with van der Waals surface area (Å²) in [6, 6.07) is 0. The first-order chi connectivity index (χ1) is 3.18. The monoisotopic (exact) mass is 124 g/mol. The molecule has 0 rings (SSSR count). The molecule has 0 aromatic rings. The van der Waals surface area contributed by atoms with Crippen molar-refractivity contribution in [2.24, 2.45) is 5.92 Å². The van der Waals surface area contributed by atoms with Gasteiger partial charge in [0.25, 0.3) is 0 Å². The number of hydrogen-bond acceptors (Lipinski definition) is 2. The van der Waals surface area contributed by atoms with Gasteiger partial charge in [-0.05, 0) is 0 Å². The van der Waals surface area contributed by atoms with Gasteiger partial charge in [0.1, 0.15) is 0 Å². The van der Waals surface area contributed by atoms with Crippen LogP contribution in [-0.2, 0) is 9.59 Å². The van der Waals surface area contributed by atoms with Crippen molar-refractivity contribution in [3.63, 3.8) is 0 Å². The van der Waals surface area contributed by atoms with E-state index in [1.54, 1.807) is 13.8 Å². The van der Waals surface area contributed by atoms with Crippen molar-refractivity contribution in [2.45, 2.75) is 13.8 Å². The summed E-state index contributed by atoms with van der Waals surface area (Å²) in [7, 11) is 0. The number of carbonyl (C=O) groups excluding carboxylic acids is 2. The first-order valence-corrected chi connectivity index (χ1v) is 2.17. The van der Waals surface area contributed by atoms with Crippen LogP contribution in [0.25, 0.3) is 0 Å². The average Bonchev–Trinajstić information content (AvgIpc) is 1.65. The molecule has 0 unspecified atom stereocenters. The maximum absolute atomic E-state index is 10.1. The molecule has 3 heteroatoms. The van der Waals surface area contributed by atoms with Gasteiger partial charge in [0.05, 0.1) is 0 Å². The van der Waals surface area contributed by atoms with Crippen molar-refractivity contribution in [2.75, 3.05) is 0 Å². The Hall–Kier alpha value is 0.340. The van der Waals surface area contributed by atoms with Gasteiger partial charge in [0.15, 0.2) is 12.1 Å². The second kappa shape index (κ2) is 5.48. The van der Waals surface area contributed by atoms with E-state index in [-0.39, 0.29) is 41.3 Å². The zero-order chi connectivity index (χ0) is 5.86. The predicted octanol–water partition coefficient (Wildman–Crippen LogP) is -0.238. The molecular weight excluding hydrogens is 115 g/mol. The Balaban J connectivity index is 0. The predicted molar refractivity (Wildman–Crippen MR) is 33.1 cm³/mol. The molecule has 2 nitrogen and oxygen atoms in total. The Morgan fingerprint density at radius 3 is 1.88 bits per heavy atom. The maximum atomic E-state index is 10.1. The van der Waals surface area contributed by atoms with Crippen LogP contribution < -0.4 is 0 Å². The molecule has 0 bridgehead atoms. The van der Waals surface area contributed by atoms with Gasteiger partial charge < -0.3 is 0 Å². The van der Waals surface area contributed by atoms with Crippen LogP contribution in [0.2, 0.25) is 0 Å². The van der Waals surface area contributed by atoms with Crippen molar-refractivity contribution in [3.05, 3.63) is 0 Å². The molecule has 0 radical (unpaired) electrons. The van der Waals surface area contributed by atoms with E-state index in [0.717, 1.165) is 0 Å². The fraction of sp³-hybridized carbons (Fsp3) is 0.600. The van der Waals surface area contributed by atoms with Crippen LogP contribution in [0.15, 0.2) is 0 Å². The van der Waals surface area contributed by atoms with Crippen molar-refractivity contribution >= 4 is 41.6 Å². The molecule has 0 N–H and O–H groups in total. The van der Waals surface area contributed by atoms with Gasteiger partial charge >= 0.3 is 29.6 Å². The van der Waals surface area contributed by atoms with Gasteiger partial charge in [0, 0.05) is 5.92 Å². The van der Waals surface area contributed by atoms with Crippen LogP contribution in [0.5, 0.6) is 0 Å². The van der Waals surface area contributed by atoms with Crippen LogP contribution in [0, 0.1) is 5.92 Å². The van der Waals surface area contributed by atoms with Gasteiger partial charge in [0.2, 0.25) is 0 Å². The van der Waals surface area contributed by atoms with E-state index in [1.807, 2.05) is 0 Å². The molecule has 0 heterocycles. The molecule has 8 heavy (non-hydrogen) atoms. The number of aldehydes is 1. The van der Waals surface area contributed by atoms with E-state index in [0.29, 0.717) is 6.29 Å². The van der Waals surface area contributed by atoms with Crippen LogP contribution in [0.1, 0.15) is 13.8 Å². The normalized spacial score (nSPS) is 7.88. The topological polar surface area (TPSA) is 34.1 Å². The number of hydrogen-bond donors (Lipinski definition) is 0. The zero-order valence-corrected chi connectivity index (χ0v) is 4.47. The number of rotatable bonds is 2. The van der Waals surface area contributed by atoms with Gasteiger partial charge in [-0.1, -0.05) is 13.8 Å². The first-order valence-electron chi connectivity index (χ1n) is 2.17. The molecule has 0 saturated carbocycles. The first kappa shape index (κ1) is 11.2. The van der Waals surface area contributed by atoms with Crippen LogP contribution in [0.3, 0.4) is 0 Å². The Bertz CT molecular complexity index is 88.4. The zero-order valence-electron chi connectivity index (χ0n) is 4.47. The van der Waals surface area contributed by atoms with Crippen molar-refractivity contribution in [3.8, 4) is 0 Å². The molecular formula is C5H9NaO2. The fourth-order valence-corrected chi connectivity index (χ4v) is 0.136. The quantitative estimate of drug-likeness (QED) is 0.289. The van der Waals surface area contributed by atoms with Crippen molar-refractivity contribution < 1.29 is 9.59 Å². The minimum atomic E-state index is -0.333. The molecule has 0 spiro atoms. The Labute approximate surface area is 70.9 Å². The Morgan fingerprint density at radius 1 is 1.50 bits per heavy atom. The summed E-state index contributed by atoms with van der Waals surface area (Å²) >= 11 is 0. The summed E-state index contributed by atoms with van der Waals surface area (Å²) < 4.78 is 0. The Kier molecular flexibility index (Phi) is 7.65. The summed E-state index contributed by atoms with van der Waals surface area (Å²) in [6.45, 7) is 3.38. The van der Waals surface area contributed by atoms with Gasteiger partial charge in [-0.2, -0.15) is 0 Å². The summed E-state index contributed by atoms with van der Waals surface area (Å²) in [5, 5.41) is 0. The van der Waals surface area contributed by atoms with E-state index in [4.69, 9.17) is 0 Å². The molecule has 0 aliphatic rings. The molecule has 0 aliphatic carbocycles. The third kappa shape index (κ3) is 4.50. The molecule has 0 amide bonds. The molecule has 0 saturated heterocycles. The van der Waals surface area contributed by atoms with E-state index < -0.39 is 0 Å². The molecule has 42 valence electrons. The van der Waals surface area contributed by atoms with E-state index in [1.165, 1.54) is 0 Å². The third-order valence-corrected chi connectivity index (χ3v) is 0.685. The number of carbonyl (C=O) groups is 2. The molecule has 0 atom stereocenters. The molecule has 0 aromatic carbocycles. The summed E-state index contributed by atoms with van der Waals surface area (Å²) in [4.78, 5) is 19.7. The van der Waals surface area contributed by atoms with Crippen LogP contribution in [0.4, 0.5) is 0 Å². The van der Waals surface area contributed by atoms with Gasteiger partial charge in [-0.25, -0.2) is 0 Å². The fourth-order valence-electron chi connectivity index (χ4n) is 0.136. The van der Waals surface area contributed by atoms with Crippen molar-refractivity contribution in [1.29, 1.82) is 0 Å². The SMILES string of the molecule is CC(C)C(=O)C=O.[NaH].